The molecule has 0 aliphatic carbocycles. The molecule has 1 unspecified atom stereocenters. The quantitative estimate of drug-likeness (QED) is 0.632. The van der Waals surface area contributed by atoms with Crippen LogP contribution in [0.15, 0.2) is 0 Å². The third kappa shape index (κ3) is 1.91. The number of alkyl carbamates (subject to hydrolysis) is 1. The molecule has 1 heterocycles. The maximum atomic E-state index is 10.7. The third-order valence-corrected chi connectivity index (χ3v) is 1.27. The van der Waals surface area contributed by atoms with Crippen LogP contribution in [-0.4, -0.2) is 33.8 Å². The number of carbonyl (C=O) groups excluding carboxylic acids is 1. The van der Waals surface area contributed by atoms with Crippen molar-refractivity contribution in [3.05, 3.63) is 5.82 Å². The Kier molecular flexibility index (Phi) is 2.57. The molecule has 0 aromatic carbocycles. The van der Waals surface area contributed by atoms with E-state index in [1.807, 2.05) is 0 Å². The Balaban J connectivity index is 2.49. The second kappa shape index (κ2) is 3.65. The molecule has 2 N–H and O–H groups in total. The number of tetrazole rings is 1. The van der Waals surface area contributed by atoms with Gasteiger partial charge in [0.25, 0.3) is 0 Å². The molecule has 0 bridgehead atoms. The van der Waals surface area contributed by atoms with Gasteiger partial charge in [-0.2, -0.15) is 5.21 Å². The number of rotatable bonds is 2. The van der Waals surface area contributed by atoms with Crippen molar-refractivity contribution in [1.82, 2.24) is 25.9 Å². The van der Waals surface area contributed by atoms with Crippen LogP contribution in [-0.2, 0) is 4.74 Å². The molecular formula is C5H9N5O2. The molecule has 1 aromatic rings. The van der Waals surface area contributed by atoms with Crippen molar-refractivity contribution in [3.8, 4) is 0 Å². The van der Waals surface area contributed by atoms with Gasteiger partial charge in [0.2, 0.25) is 0 Å². The lowest BCUT2D eigenvalue weighted by molar-refractivity contribution is 0.167. The van der Waals surface area contributed by atoms with E-state index in [1.165, 1.54) is 7.11 Å². The number of hydrogen-bond donors (Lipinski definition) is 2. The summed E-state index contributed by atoms with van der Waals surface area (Å²) in [7, 11) is 1.29. The Hall–Kier alpha value is -1.66. The van der Waals surface area contributed by atoms with E-state index >= 15 is 0 Å². The first kappa shape index (κ1) is 8.44. The zero-order chi connectivity index (χ0) is 8.97. The maximum absolute atomic E-state index is 10.7. The van der Waals surface area contributed by atoms with Crippen LogP contribution in [0.4, 0.5) is 4.79 Å². The van der Waals surface area contributed by atoms with Gasteiger partial charge in [-0.3, -0.25) is 0 Å². The number of aromatic nitrogens is 4. The van der Waals surface area contributed by atoms with Crippen LogP contribution in [0, 0.1) is 0 Å². The average molecular weight is 171 g/mol. The van der Waals surface area contributed by atoms with Gasteiger partial charge in [-0.1, -0.05) is 5.21 Å². The van der Waals surface area contributed by atoms with Crippen molar-refractivity contribution >= 4 is 6.09 Å². The van der Waals surface area contributed by atoms with Crippen LogP contribution >= 0.6 is 0 Å². The van der Waals surface area contributed by atoms with Gasteiger partial charge in [-0.25, -0.2) is 4.79 Å². The zero-order valence-corrected chi connectivity index (χ0v) is 6.74. The van der Waals surface area contributed by atoms with Crippen molar-refractivity contribution < 1.29 is 9.53 Å². The lowest BCUT2D eigenvalue weighted by Crippen LogP contribution is -2.27. The van der Waals surface area contributed by atoms with Crippen LogP contribution in [0.2, 0.25) is 0 Å². The molecule has 12 heavy (non-hydrogen) atoms. The van der Waals surface area contributed by atoms with Gasteiger partial charge in [-0.15, -0.1) is 10.2 Å². The Morgan fingerprint density at radius 2 is 2.50 bits per heavy atom. The molecule has 1 atom stereocenters. The highest BCUT2D eigenvalue weighted by Crippen LogP contribution is 2.02. The predicted molar refractivity (Wildman–Crippen MR) is 38.1 cm³/mol. The summed E-state index contributed by atoms with van der Waals surface area (Å²) < 4.78 is 4.38. The largest absolute Gasteiger partial charge is 0.453 e. The summed E-state index contributed by atoms with van der Waals surface area (Å²) in [6.07, 6.45) is -0.521. The van der Waals surface area contributed by atoms with Gasteiger partial charge < -0.3 is 10.1 Å². The normalized spacial score (nSPS) is 12.2. The lowest BCUT2D eigenvalue weighted by atomic mass is 10.3. The third-order valence-electron chi connectivity index (χ3n) is 1.27. The summed E-state index contributed by atoms with van der Waals surface area (Å²) in [4.78, 5) is 10.7. The van der Waals surface area contributed by atoms with Crippen LogP contribution in [0.3, 0.4) is 0 Å². The summed E-state index contributed by atoms with van der Waals surface area (Å²) in [5, 5.41) is 15.5. The Morgan fingerprint density at radius 1 is 1.75 bits per heavy atom. The van der Waals surface area contributed by atoms with Gasteiger partial charge in [0, 0.05) is 0 Å². The minimum absolute atomic E-state index is 0.309. The first-order valence-electron chi connectivity index (χ1n) is 3.32. The number of nitrogens with one attached hydrogen (secondary N) is 2. The van der Waals surface area contributed by atoms with E-state index in [9.17, 15) is 4.79 Å². The molecule has 1 amide bonds. The van der Waals surface area contributed by atoms with Gasteiger partial charge in [-0.05, 0) is 6.92 Å². The molecule has 0 aliphatic heterocycles. The van der Waals surface area contributed by atoms with Gasteiger partial charge in [0.15, 0.2) is 5.82 Å². The van der Waals surface area contributed by atoms with E-state index in [2.05, 4.69) is 30.7 Å². The smallest absolute Gasteiger partial charge is 0.407 e. The standard InChI is InChI=1S/C5H9N5O2/c1-3(6-5(11)12-2)4-7-9-10-8-4/h3H,1-2H3,(H,6,11)(H,7,8,9,10). The molecule has 1 rings (SSSR count). The molecule has 0 saturated heterocycles. The Morgan fingerprint density at radius 3 is 3.00 bits per heavy atom. The number of nitrogens with zero attached hydrogens (tertiary/aromatic N) is 3. The van der Waals surface area contributed by atoms with E-state index in [1.54, 1.807) is 6.92 Å². The van der Waals surface area contributed by atoms with Crippen LogP contribution < -0.4 is 5.32 Å². The molecule has 0 radical (unpaired) electrons. The summed E-state index contributed by atoms with van der Waals surface area (Å²) in [5.41, 5.74) is 0. The highest BCUT2D eigenvalue weighted by atomic mass is 16.5. The summed E-state index contributed by atoms with van der Waals surface area (Å²) >= 11 is 0. The molecule has 0 aliphatic rings. The summed E-state index contributed by atoms with van der Waals surface area (Å²) in [6.45, 7) is 1.72. The molecule has 66 valence electrons. The number of amides is 1. The zero-order valence-electron chi connectivity index (χ0n) is 6.74. The van der Waals surface area contributed by atoms with Crippen molar-refractivity contribution in [2.75, 3.05) is 7.11 Å². The second-order valence-corrected chi connectivity index (χ2v) is 2.13. The number of ether oxygens (including phenoxy) is 1. The number of carbonyl (C=O) groups is 1. The van der Waals surface area contributed by atoms with Crippen LogP contribution in [0.1, 0.15) is 18.8 Å². The van der Waals surface area contributed by atoms with E-state index in [0.29, 0.717) is 5.82 Å². The maximum Gasteiger partial charge on any atom is 0.407 e. The van der Waals surface area contributed by atoms with E-state index in [0.717, 1.165) is 0 Å². The second-order valence-electron chi connectivity index (χ2n) is 2.13. The molecular weight excluding hydrogens is 162 g/mol. The van der Waals surface area contributed by atoms with Crippen molar-refractivity contribution in [1.29, 1.82) is 0 Å². The van der Waals surface area contributed by atoms with Crippen molar-refractivity contribution in [2.24, 2.45) is 0 Å². The fourth-order valence-corrected chi connectivity index (χ4v) is 0.653. The lowest BCUT2D eigenvalue weighted by Gasteiger charge is -2.07. The molecule has 7 nitrogen and oxygen atoms in total. The van der Waals surface area contributed by atoms with Gasteiger partial charge in [0.1, 0.15) is 0 Å². The summed E-state index contributed by atoms with van der Waals surface area (Å²) in [5.74, 6) is 0.417. The van der Waals surface area contributed by atoms with Gasteiger partial charge >= 0.3 is 6.09 Å². The minimum atomic E-state index is -0.521. The van der Waals surface area contributed by atoms with Crippen molar-refractivity contribution in [3.63, 3.8) is 0 Å². The molecule has 0 spiro atoms. The number of aromatic amines is 1. The Labute approximate surface area is 68.5 Å². The monoisotopic (exact) mass is 171 g/mol. The Bertz CT molecular complexity index is 246. The molecule has 1 aromatic heterocycles. The van der Waals surface area contributed by atoms with Crippen molar-refractivity contribution in [2.45, 2.75) is 13.0 Å². The minimum Gasteiger partial charge on any atom is -0.453 e. The molecule has 0 saturated carbocycles. The number of methoxy groups -OCH3 is 1. The first-order chi connectivity index (χ1) is 5.74. The van der Waals surface area contributed by atoms with E-state index in [-0.39, 0.29) is 6.04 Å². The fourth-order valence-electron chi connectivity index (χ4n) is 0.653. The molecule has 0 fully saturated rings. The van der Waals surface area contributed by atoms with E-state index in [4.69, 9.17) is 0 Å². The SMILES string of the molecule is COC(=O)NC(C)c1nn[nH]n1. The van der Waals surface area contributed by atoms with E-state index < -0.39 is 6.09 Å². The summed E-state index contributed by atoms with van der Waals surface area (Å²) in [6, 6.07) is -0.309. The predicted octanol–water partition coefficient (Wildman–Crippen LogP) is -0.383. The highest BCUT2D eigenvalue weighted by Gasteiger charge is 2.12. The fraction of sp³-hybridized carbons (Fsp3) is 0.600. The van der Waals surface area contributed by atoms with Crippen LogP contribution in [0.25, 0.3) is 0 Å². The number of H-pyrrole nitrogens is 1. The average Bonchev–Trinajstić information content (AvgIpc) is 2.56. The molecule has 7 heteroatoms. The van der Waals surface area contributed by atoms with Gasteiger partial charge in [0.05, 0.1) is 13.2 Å². The topological polar surface area (TPSA) is 92.8 Å². The number of hydrogen-bond acceptors (Lipinski definition) is 5. The first-order valence-corrected chi connectivity index (χ1v) is 3.32. The van der Waals surface area contributed by atoms with Crippen LogP contribution in [0.5, 0.6) is 0 Å². The highest BCUT2D eigenvalue weighted by molar-refractivity contribution is 5.67.